The molecule has 1 N–H and O–H groups in total. The van der Waals surface area contributed by atoms with E-state index in [2.05, 4.69) is 0 Å². The molecule has 0 aliphatic rings. The zero-order chi connectivity index (χ0) is 11.7. The lowest BCUT2D eigenvalue weighted by Crippen LogP contribution is -2.00. The van der Waals surface area contributed by atoms with Crippen molar-refractivity contribution in [2.24, 2.45) is 0 Å². The first-order chi connectivity index (χ1) is 7.59. The lowest BCUT2D eigenvalue weighted by Gasteiger charge is -2.12. The molecular formula is C12H10Cl2OS. The van der Waals surface area contributed by atoms with Crippen molar-refractivity contribution in [3.05, 3.63) is 55.7 Å². The molecule has 2 rings (SSSR count). The van der Waals surface area contributed by atoms with Crippen LogP contribution in [0.1, 0.15) is 22.8 Å². The van der Waals surface area contributed by atoms with Crippen LogP contribution in [0.4, 0.5) is 0 Å². The third-order valence-electron chi connectivity index (χ3n) is 2.45. The van der Waals surface area contributed by atoms with Crippen molar-refractivity contribution in [2.75, 3.05) is 0 Å². The summed E-state index contributed by atoms with van der Waals surface area (Å²) in [5.41, 5.74) is 2.66. The highest BCUT2D eigenvalue weighted by molar-refractivity contribution is 7.08. The Bertz CT molecular complexity index is 507. The summed E-state index contributed by atoms with van der Waals surface area (Å²) in [5.74, 6) is 0. The highest BCUT2D eigenvalue weighted by Crippen LogP contribution is 2.32. The number of halogens is 2. The van der Waals surface area contributed by atoms with Gasteiger partial charge in [-0.05, 0) is 40.9 Å². The average Bonchev–Trinajstić information content (AvgIpc) is 2.63. The van der Waals surface area contributed by atoms with Crippen molar-refractivity contribution >= 4 is 34.5 Å². The molecule has 1 heterocycles. The predicted octanol–water partition coefficient (Wildman–Crippen LogP) is 4.45. The van der Waals surface area contributed by atoms with E-state index in [1.54, 1.807) is 29.5 Å². The largest absolute Gasteiger partial charge is 0.384 e. The van der Waals surface area contributed by atoms with Gasteiger partial charge >= 0.3 is 0 Å². The number of hydrogen-bond acceptors (Lipinski definition) is 2. The van der Waals surface area contributed by atoms with E-state index in [-0.39, 0.29) is 0 Å². The minimum atomic E-state index is -0.684. The maximum absolute atomic E-state index is 10.2. The Morgan fingerprint density at radius 3 is 2.50 bits per heavy atom. The molecule has 0 spiro atoms. The summed E-state index contributed by atoms with van der Waals surface area (Å²) in [7, 11) is 0. The van der Waals surface area contributed by atoms with Gasteiger partial charge in [-0.2, -0.15) is 11.3 Å². The lowest BCUT2D eigenvalue weighted by atomic mass is 10.0. The molecule has 84 valence electrons. The molecule has 1 nitrogen and oxygen atoms in total. The molecule has 1 aromatic carbocycles. The molecule has 0 aliphatic carbocycles. The molecule has 0 aliphatic heterocycles. The number of thiophene rings is 1. The van der Waals surface area contributed by atoms with E-state index in [1.165, 1.54) is 0 Å². The highest BCUT2D eigenvalue weighted by atomic mass is 35.5. The van der Waals surface area contributed by atoms with Crippen LogP contribution in [0, 0.1) is 6.92 Å². The number of rotatable bonds is 2. The lowest BCUT2D eigenvalue weighted by molar-refractivity contribution is 0.220. The summed E-state index contributed by atoms with van der Waals surface area (Å²) >= 11 is 13.4. The molecule has 1 unspecified atom stereocenters. The summed E-state index contributed by atoms with van der Waals surface area (Å²) in [5, 5.41) is 15.2. The van der Waals surface area contributed by atoms with Gasteiger partial charge < -0.3 is 5.11 Å². The van der Waals surface area contributed by atoms with E-state index in [9.17, 15) is 5.11 Å². The van der Waals surface area contributed by atoms with E-state index < -0.39 is 6.10 Å². The minimum absolute atomic E-state index is 0.491. The highest BCUT2D eigenvalue weighted by Gasteiger charge is 2.16. The van der Waals surface area contributed by atoms with Gasteiger partial charge in [0.2, 0.25) is 0 Å². The van der Waals surface area contributed by atoms with Gasteiger partial charge in [0.05, 0.1) is 0 Å². The van der Waals surface area contributed by atoms with E-state index in [4.69, 9.17) is 23.2 Å². The zero-order valence-corrected chi connectivity index (χ0v) is 10.9. The standard InChI is InChI=1S/C12H10Cl2OS/c1-7-5-16-6-10(7)12(15)9-3-2-8(13)4-11(9)14/h2-6,12,15H,1H3. The molecule has 1 atom stereocenters. The van der Waals surface area contributed by atoms with Crippen LogP contribution in [-0.2, 0) is 0 Å². The number of aliphatic hydroxyl groups excluding tert-OH is 1. The number of aliphatic hydroxyl groups is 1. The number of aryl methyl sites for hydroxylation is 1. The average molecular weight is 273 g/mol. The first-order valence-electron chi connectivity index (χ1n) is 4.75. The van der Waals surface area contributed by atoms with E-state index in [0.717, 1.165) is 11.1 Å². The fraction of sp³-hybridized carbons (Fsp3) is 0.167. The molecule has 4 heteroatoms. The van der Waals surface area contributed by atoms with Crippen molar-refractivity contribution in [3.63, 3.8) is 0 Å². The molecule has 0 radical (unpaired) electrons. The minimum Gasteiger partial charge on any atom is -0.384 e. The summed E-state index contributed by atoms with van der Waals surface area (Å²) < 4.78 is 0. The normalized spacial score (nSPS) is 12.8. The maximum atomic E-state index is 10.2. The fourth-order valence-corrected chi connectivity index (χ4v) is 2.92. The fourth-order valence-electron chi connectivity index (χ4n) is 1.54. The molecule has 0 amide bonds. The Morgan fingerprint density at radius 2 is 1.94 bits per heavy atom. The predicted molar refractivity (Wildman–Crippen MR) is 69.6 cm³/mol. The second kappa shape index (κ2) is 4.76. The van der Waals surface area contributed by atoms with Gasteiger partial charge in [-0.3, -0.25) is 0 Å². The molecular weight excluding hydrogens is 263 g/mol. The summed E-state index contributed by atoms with van der Waals surface area (Å²) in [4.78, 5) is 0. The molecule has 0 saturated carbocycles. The summed E-state index contributed by atoms with van der Waals surface area (Å²) in [6, 6.07) is 5.13. The van der Waals surface area contributed by atoms with Gasteiger partial charge in [-0.15, -0.1) is 0 Å². The Kier molecular flexibility index (Phi) is 3.55. The summed E-state index contributed by atoms with van der Waals surface area (Å²) in [6.07, 6.45) is -0.684. The van der Waals surface area contributed by atoms with Crippen LogP contribution in [0.2, 0.25) is 10.0 Å². The van der Waals surface area contributed by atoms with Gasteiger partial charge in [0.25, 0.3) is 0 Å². The van der Waals surface area contributed by atoms with Crippen molar-refractivity contribution in [1.82, 2.24) is 0 Å². The Morgan fingerprint density at radius 1 is 1.19 bits per heavy atom. The number of benzene rings is 1. The van der Waals surface area contributed by atoms with E-state index in [1.807, 2.05) is 17.7 Å². The van der Waals surface area contributed by atoms with Gasteiger partial charge in [-0.1, -0.05) is 29.3 Å². The van der Waals surface area contributed by atoms with Gasteiger partial charge in [0, 0.05) is 15.6 Å². The zero-order valence-electron chi connectivity index (χ0n) is 8.58. The van der Waals surface area contributed by atoms with Crippen molar-refractivity contribution < 1.29 is 5.11 Å². The summed E-state index contributed by atoms with van der Waals surface area (Å²) in [6.45, 7) is 1.97. The first kappa shape index (κ1) is 11.9. The molecule has 0 bridgehead atoms. The van der Waals surface area contributed by atoms with Gasteiger partial charge in [0.1, 0.15) is 6.10 Å². The van der Waals surface area contributed by atoms with Gasteiger partial charge in [0.15, 0.2) is 0 Å². The van der Waals surface area contributed by atoms with Crippen LogP contribution in [0.25, 0.3) is 0 Å². The Balaban J connectivity index is 2.41. The molecule has 1 aromatic heterocycles. The van der Waals surface area contributed by atoms with E-state index in [0.29, 0.717) is 15.6 Å². The molecule has 0 fully saturated rings. The monoisotopic (exact) mass is 272 g/mol. The van der Waals surface area contributed by atoms with Crippen LogP contribution >= 0.6 is 34.5 Å². The second-order valence-corrected chi connectivity index (χ2v) is 5.17. The first-order valence-corrected chi connectivity index (χ1v) is 6.45. The van der Waals surface area contributed by atoms with Crippen LogP contribution in [0.3, 0.4) is 0 Å². The van der Waals surface area contributed by atoms with Crippen LogP contribution in [-0.4, -0.2) is 5.11 Å². The Hall–Kier alpha value is -0.540. The molecule has 16 heavy (non-hydrogen) atoms. The second-order valence-electron chi connectivity index (χ2n) is 3.58. The third kappa shape index (κ3) is 2.25. The van der Waals surface area contributed by atoms with Crippen LogP contribution in [0.5, 0.6) is 0 Å². The Labute approximate surface area is 108 Å². The van der Waals surface area contributed by atoms with E-state index >= 15 is 0 Å². The van der Waals surface area contributed by atoms with Crippen LogP contribution < -0.4 is 0 Å². The van der Waals surface area contributed by atoms with Crippen molar-refractivity contribution in [2.45, 2.75) is 13.0 Å². The molecule has 2 aromatic rings. The maximum Gasteiger partial charge on any atom is 0.107 e. The topological polar surface area (TPSA) is 20.2 Å². The SMILES string of the molecule is Cc1cscc1C(O)c1ccc(Cl)cc1Cl. The molecule has 0 saturated heterocycles. The number of hydrogen-bond donors (Lipinski definition) is 1. The van der Waals surface area contributed by atoms with Gasteiger partial charge in [-0.25, -0.2) is 0 Å². The quantitative estimate of drug-likeness (QED) is 0.857. The van der Waals surface area contributed by atoms with Crippen LogP contribution in [0.15, 0.2) is 29.0 Å². The third-order valence-corrected chi connectivity index (χ3v) is 3.89. The smallest absolute Gasteiger partial charge is 0.107 e. The van der Waals surface area contributed by atoms with Crippen molar-refractivity contribution in [1.29, 1.82) is 0 Å². The van der Waals surface area contributed by atoms with Crippen molar-refractivity contribution in [3.8, 4) is 0 Å².